The topological polar surface area (TPSA) is 44.8 Å². The minimum Gasteiger partial charge on any atom is -0.446 e. The van der Waals surface area contributed by atoms with Crippen molar-refractivity contribution in [3.8, 4) is 0 Å². The molecule has 0 aliphatic carbocycles. The second-order valence-corrected chi connectivity index (χ2v) is 6.01. The maximum Gasteiger partial charge on any atom is 0.407 e. The number of rotatable bonds is 5. The lowest BCUT2D eigenvalue weighted by Gasteiger charge is -2.31. The number of benzene rings is 1. The molecule has 1 aliphatic heterocycles. The molecule has 1 aromatic rings. The predicted molar refractivity (Wildman–Crippen MR) is 89.5 cm³/mol. The fourth-order valence-electron chi connectivity index (χ4n) is 2.71. The number of hydrogen-bond acceptors (Lipinski definition) is 4. The number of hydrogen-bond donors (Lipinski definition) is 1. The third-order valence-corrected chi connectivity index (χ3v) is 4.18. The molecule has 122 valence electrons. The smallest absolute Gasteiger partial charge is 0.407 e. The van der Waals surface area contributed by atoms with E-state index in [1.54, 1.807) is 7.05 Å². The van der Waals surface area contributed by atoms with Gasteiger partial charge in [0, 0.05) is 46.5 Å². The van der Waals surface area contributed by atoms with Gasteiger partial charge in [0.15, 0.2) is 0 Å². The summed E-state index contributed by atoms with van der Waals surface area (Å²) in [6, 6.07) is 8.74. The summed E-state index contributed by atoms with van der Waals surface area (Å²) in [6.07, 6.45) is 2.66. The summed E-state index contributed by atoms with van der Waals surface area (Å²) in [7, 11) is 5.71. The summed E-state index contributed by atoms with van der Waals surface area (Å²) < 4.78 is 5.31. The van der Waals surface area contributed by atoms with Crippen molar-refractivity contribution in [2.75, 3.05) is 45.7 Å². The lowest BCUT2D eigenvalue weighted by atomic mass is 10.1. The van der Waals surface area contributed by atoms with E-state index in [0.29, 0.717) is 0 Å². The van der Waals surface area contributed by atoms with Crippen LogP contribution in [0.5, 0.6) is 0 Å². The third-order valence-electron chi connectivity index (χ3n) is 4.18. The van der Waals surface area contributed by atoms with Crippen molar-refractivity contribution in [3.63, 3.8) is 0 Å². The summed E-state index contributed by atoms with van der Waals surface area (Å²) in [5.41, 5.74) is 2.60. The molecule has 1 fully saturated rings. The number of carbonyl (C=O) groups is 1. The van der Waals surface area contributed by atoms with Crippen LogP contribution in [0.3, 0.4) is 0 Å². The summed E-state index contributed by atoms with van der Waals surface area (Å²) in [5, 5.41) is 2.50. The van der Waals surface area contributed by atoms with Gasteiger partial charge in [-0.05, 0) is 37.0 Å². The average molecular weight is 305 g/mol. The van der Waals surface area contributed by atoms with Gasteiger partial charge in [-0.2, -0.15) is 0 Å². The molecule has 0 spiro atoms. The SMILES string of the molecule is CNC(=O)OC1CCN(CCc2ccc(N(C)C)cc2)CC1. The van der Waals surface area contributed by atoms with E-state index in [9.17, 15) is 4.79 Å². The molecule has 0 aromatic heterocycles. The van der Waals surface area contributed by atoms with Gasteiger partial charge in [-0.3, -0.25) is 0 Å². The van der Waals surface area contributed by atoms with Crippen molar-refractivity contribution in [2.45, 2.75) is 25.4 Å². The second-order valence-electron chi connectivity index (χ2n) is 6.01. The molecule has 1 heterocycles. The van der Waals surface area contributed by atoms with Crippen LogP contribution in [-0.4, -0.2) is 57.9 Å². The first-order chi connectivity index (χ1) is 10.6. The predicted octanol–water partition coefficient (Wildman–Crippen LogP) is 2.12. The zero-order valence-corrected chi connectivity index (χ0v) is 13.8. The Morgan fingerprint density at radius 2 is 1.91 bits per heavy atom. The van der Waals surface area contributed by atoms with Gasteiger partial charge >= 0.3 is 6.09 Å². The van der Waals surface area contributed by atoms with Gasteiger partial charge in [-0.1, -0.05) is 12.1 Å². The Labute approximate surface area is 133 Å². The molecule has 0 bridgehead atoms. The van der Waals surface area contributed by atoms with Crippen LogP contribution in [0.4, 0.5) is 10.5 Å². The monoisotopic (exact) mass is 305 g/mol. The van der Waals surface area contributed by atoms with Crippen molar-refractivity contribution in [1.82, 2.24) is 10.2 Å². The van der Waals surface area contributed by atoms with Crippen molar-refractivity contribution in [3.05, 3.63) is 29.8 Å². The number of nitrogens with one attached hydrogen (secondary N) is 1. The Morgan fingerprint density at radius 1 is 1.27 bits per heavy atom. The molecule has 1 amide bonds. The highest BCUT2D eigenvalue weighted by molar-refractivity contribution is 5.66. The molecule has 5 heteroatoms. The first kappa shape index (κ1) is 16.6. The van der Waals surface area contributed by atoms with Crippen LogP contribution < -0.4 is 10.2 Å². The summed E-state index contributed by atoms with van der Waals surface area (Å²) in [4.78, 5) is 15.8. The van der Waals surface area contributed by atoms with Crippen molar-refractivity contribution < 1.29 is 9.53 Å². The van der Waals surface area contributed by atoms with E-state index in [4.69, 9.17) is 4.74 Å². The third kappa shape index (κ3) is 4.91. The molecule has 22 heavy (non-hydrogen) atoms. The molecule has 1 aromatic carbocycles. The van der Waals surface area contributed by atoms with Crippen LogP contribution in [0, 0.1) is 0 Å². The van der Waals surface area contributed by atoms with Gasteiger partial charge in [0.2, 0.25) is 0 Å². The van der Waals surface area contributed by atoms with Gasteiger partial charge < -0.3 is 19.9 Å². The lowest BCUT2D eigenvalue weighted by Crippen LogP contribution is -2.39. The van der Waals surface area contributed by atoms with Crippen molar-refractivity contribution in [2.24, 2.45) is 0 Å². The highest BCUT2D eigenvalue weighted by Gasteiger charge is 2.21. The standard InChI is InChI=1S/C17H27N3O2/c1-18-17(21)22-16-9-12-20(13-10-16)11-8-14-4-6-15(7-5-14)19(2)3/h4-7,16H,8-13H2,1-3H3,(H,18,21). The number of ether oxygens (including phenoxy) is 1. The van der Waals surface area contributed by atoms with E-state index in [1.165, 1.54) is 11.3 Å². The molecule has 0 atom stereocenters. The van der Waals surface area contributed by atoms with Gasteiger partial charge in [0.05, 0.1) is 0 Å². The zero-order chi connectivity index (χ0) is 15.9. The normalized spacial score (nSPS) is 16.3. The van der Waals surface area contributed by atoms with Gasteiger partial charge in [0.25, 0.3) is 0 Å². The van der Waals surface area contributed by atoms with Crippen LogP contribution in [0.25, 0.3) is 0 Å². The molecule has 2 rings (SSSR count). The van der Waals surface area contributed by atoms with Crippen molar-refractivity contribution >= 4 is 11.8 Å². The highest BCUT2D eigenvalue weighted by Crippen LogP contribution is 2.16. The second kappa shape index (κ2) is 8.03. The molecule has 0 unspecified atom stereocenters. The number of alkyl carbamates (subject to hydrolysis) is 1. The van der Waals surface area contributed by atoms with E-state index in [0.717, 1.165) is 38.9 Å². The highest BCUT2D eigenvalue weighted by atomic mass is 16.6. The van der Waals surface area contributed by atoms with Gasteiger partial charge in [-0.25, -0.2) is 4.79 Å². The largest absolute Gasteiger partial charge is 0.446 e. The van der Waals surface area contributed by atoms with E-state index >= 15 is 0 Å². The first-order valence-electron chi connectivity index (χ1n) is 7.95. The van der Waals surface area contributed by atoms with Crippen LogP contribution >= 0.6 is 0 Å². The number of carbonyl (C=O) groups excluding carboxylic acids is 1. The Hall–Kier alpha value is -1.75. The Balaban J connectivity index is 1.71. The van der Waals surface area contributed by atoms with Gasteiger partial charge in [-0.15, -0.1) is 0 Å². The van der Waals surface area contributed by atoms with Crippen LogP contribution in [0.15, 0.2) is 24.3 Å². The first-order valence-corrected chi connectivity index (χ1v) is 7.95. The number of anilines is 1. The minimum absolute atomic E-state index is 0.0653. The maximum absolute atomic E-state index is 11.2. The molecular formula is C17H27N3O2. The van der Waals surface area contributed by atoms with E-state index in [2.05, 4.69) is 53.5 Å². The minimum atomic E-state index is -0.320. The molecule has 5 nitrogen and oxygen atoms in total. The van der Waals surface area contributed by atoms with Gasteiger partial charge in [0.1, 0.15) is 6.10 Å². The summed E-state index contributed by atoms with van der Waals surface area (Å²) in [5.74, 6) is 0. The fourth-order valence-corrected chi connectivity index (χ4v) is 2.71. The molecule has 0 radical (unpaired) electrons. The molecular weight excluding hydrogens is 278 g/mol. The number of amides is 1. The zero-order valence-electron chi connectivity index (χ0n) is 13.8. The Morgan fingerprint density at radius 3 is 2.45 bits per heavy atom. The Kier molecular flexibility index (Phi) is 6.07. The fraction of sp³-hybridized carbons (Fsp3) is 0.588. The maximum atomic E-state index is 11.2. The van der Waals surface area contributed by atoms with Crippen molar-refractivity contribution in [1.29, 1.82) is 0 Å². The number of piperidine rings is 1. The molecule has 1 N–H and O–H groups in total. The lowest BCUT2D eigenvalue weighted by molar-refractivity contribution is 0.0522. The van der Waals surface area contributed by atoms with Crippen LogP contribution in [-0.2, 0) is 11.2 Å². The Bertz CT molecular complexity index is 465. The quantitative estimate of drug-likeness (QED) is 0.905. The molecule has 1 saturated heterocycles. The summed E-state index contributed by atoms with van der Waals surface area (Å²) >= 11 is 0. The molecule has 1 aliphatic rings. The summed E-state index contributed by atoms with van der Waals surface area (Å²) in [6.45, 7) is 3.06. The van der Waals surface area contributed by atoms with Crippen LogP contribution in [0.1, 0.15) is 18.4 Å². The average Bonchev–Trinajstić information content (AvgIpc) is 2.54. The number of nitrogens with zero attached hydrogens (tertiary/aromatic N) is 2. The van der Waals surface area contributed by atoms with Crippen LogP contribution in [0.2, 0.25) is 0 Å². The number of likely N-dealkylation sites (tertiary alicyclic amines) is 1. The van der Waals surface area contributed by atoms with E-state index in [-0.39, 0.29) is 12.2 Å². The molecule has 0 saturated carbocycles. The van der Waals surface area contributed by atoms with E-state index in [1.807, 2.05) is 0 Å². The van der Waals surface area contributed by atoms with E-state index < -0.39 is 0 Å².